The molecule has 0 spiro atoms. The van der Waals surface area contributed by atoms with Gasteiger partial charge in [-0.1, -0.05) is 0 Å². The molecule has 0 saturated carbocycles. The Balaban J connectivity index is 0. The Labute approximate surface area is 116 Å². The standard InChI is InChI=1S/C7H14N6S2.Cu/c1-5(11-13-7(15)9-3)4-10-12-6(14)8-2;/h4H,1-3H3,(H2,8,12,14)(H2,9,13,15);/q;+2/p-2. The van der Waals surface area contributed by atoms with Gasteiger partial charge in [0.05, 0.1) is 11.9 Å². The van der Waals surface area contributed by atoms with Crippen molar-refractivity contribution < 1.29 is 17.1 Å². The maximum absolute atomic E-state index is 4.77. The molecule has 0 aromatic heterocycles. The topological polar surface area (TPSA) is 73.5 Å². The molecule has 0 aromatic carbocycles. The Morgan fingerprint density at radius 2 is 1.56 bits per heavy atom. The normalized spacial score (nSPS) is 13.6. The van der Waals surface area contributed by atoms with Gasteiger partial charge in [0.1, 0.15) is 0 Å². The zero-order chi connectivity index (χ0) is 11.7. The van der Waals surface area contributed by atoms with Gasteiger partial charge in [0.15, 0.2) is 0 Å². The fourth-order valence-corrected chi connectivity index (χ4v) is 0.544. The molecule has 0 aliphatic rings. The number of rotatable bonds is 3. The van der Waals surface area contributed by atoms with Crippen LogP contribution in [0, 0.1) is 0 Å². The van der Waals surface area contributed by atoms with Crippen molar-refractivity contribution >= 4 is 47.5 Å². The maximum Gasteiger partial charge on any atom is 2.00 e. The fraction of sp³-hybridized carbons (Fsp3) is 0.429. The average molecular weight is 308 g/mol. The minimum absolute atomic E-state index is 0. The molecule has 0 heterocycles. The molecule has 0 amide bonds. The molecule has 0 bridgehead atoms. The van der Waals surface area contributed by atoms with E-state index in [1.165, 1.54) is 6.21 Å². The number of hydrogen-bond donors (Lipinski definition) is 2. The van der Waals surface area contributed by atoms with E-state index in [9.17, 15) is 0 Å². The van der Waals surface area contributed by atoms with Crippen molar-refractivity contribution in [2.24, 2.45) is 20.2 Å². The summed E-state index contributed by atoms with van der Waals surface area (Å²) in [6.45, 7) is 1.75. The van der Waals surface area contributed by atoms with Crippen molar-refractivity contribution in [1.82, 2.24) is 10.9 Å². The van der Waals surface area contributed by atoms with Crippen molar-refractivity contribution in [2.75, 3.05) is 14.1 Å². The Bertz CT molecular complexity index is 312. The minimum Gasteiger partial charge on any atom is -0.741 e. The third-order valence-corrected chi connectivity index (χ3v) is 1.69. The van der Waals surface area contributed by atoms with Gasteiger partial charge in [0, 0.05) is 14.1 Å². The Morgan fingerprint density at radius 3 is 2.06 bits per heavy atom. The van der Waals surface area contributed by atoms with Crippen LogP contribution in [0.2, 0.25) is 0 Å². The Hall–Kier alpha value is -0.761. The maximum atomic E-state index is 4.77. The fourth-order valence-electron chi connectivity index (χ4n) is 0.446. The first-order valence-electron chi connectivity index (χ1n) is 3.97. The van der Waals surface area contributed by atoms with Gasteiger partial charge >= 0.3 is 17.1 Å². The van der Waals surface area contributed by atoms with E-state index >= 15 is 0 Å². The van der Waals surface area contributed by atoms with E-state index in [0.29, 0.717) is 16.0 Å². The average Bonchev–Trinajstić information content (AvgIpc) is 2.25. The van der Waals surface area contributed by atoms with E-state index in [1.807, 2.05) is 0 Å². The number of nitrogens with one attached hydrogen (secondary N) is 2. The summed E-state index contributed by atoms with van der Waals surface area (Å²) in [6.07, 6.45) is 1.49. The predicted octanol–water partition coefficient (Wildman–Crippen LogP) is -0.410. The summed E-state index contributed by atoms with van der Waals surface area (Å²) >= 11 is 9.52. The molecular formula is C7H12CuN6S2. The van der Waals surface area contributed by atoms with Crippen LogP contribution in [0.3, 0.4) is 0 Å². The summed E-state index contributed by atoms with van der Waals surface area (Å²) in [6, 6.07) is 0. The predicted molar refractivity (Wildman–Crippen MR) is 69.3 cm³/mol. The first-order valence-corrected chi connectivity index (χ1v) is 4.78. The molecule has 0 fully saturated rings. The molecular weight excluding hydrogens is 296 g/mol. The van der Waals surface area contributed by atoms with Crippen LogP contribution in [0.4, 0.5) is 0 Å². The van der Waals surface area contributed by atoms with Gasteiger partial charge in [-0.25, -0.2) is 0 Å². The van der Waals surface area contributed by atoms with Gasteiger partial charge in [-0.2, -0.15) is 10.2 Å². The smallest absolute Gasteiger partial charge is 0.741 e. The van der Waals surface area contributed by atoms with Gasteiger partial charge in [-0.15, -0.1) is 0 Å². The monoisotopic (exact) mass is 307 g/mol. The van der Waals surface area contributed by atoms with Crippen LogP contribution >= 0.6 is 0 Å². The Morgan fingerprint density at radius 1 is 1.06 bits per heavy atom. The SMILES string of the molecule is CN=C([S-])NN=CC(C)=NNC([S-])=NC.[Cu+2]. The summed E-state index contributed by atoms with van der Waals surface area (Å²) in [4.78, 5) is 7.39. The van der Waals surface area contributed by atoms with Crippen LogP contribution in [0.1, 0.15) is 6.92 Å². The van der Waals surface area contributed by atoms with Crippen molar-refractivity contribution in [3.05, 3.63) is 0 Å². The van der Waals surface area contributed by atoms with Gasteiger partial charge in [-0.05, 0) is 17.3 Å². The molecule has 2 N–H and O–H groups in total. The quantitative estimate of drug-likeness (QED) is 0.244. The number of hydrazone groups is 2. The second-order valence-corrected chi connectivity index (χ2v) is 3.07. The van der Waals surface area contributed by atoms with Crippen LogP contribution < -0.4 is 10.9 Å². The molecule has 0 aliphatic carbocycles. The van der Waals surface area contributed by atoms with E-state index in [4.69, 9.17) is 25.3 Å². The van der Waals surface area contributed by atoms with Crippen molar-refractivity contribution in [2.45, 2.75) is 6.92 Å². The first kappa shape index (κ1) is 17.6. The molecule has 0 aliphatic heterocycles. The van der Waals surface area contributed by atoms with Crippen molar-refractivity contribution in [3.8, 4) is 0 Å². The molecule has 0 atom stereocenters. The third-order valence-electron chi connectivity index (χ3n) is 1.15. The van der Waals surface area contributed by atoms with Crippen LogP contribution in [0.15, 0.2) is 20.2 Å². The van der Waals surface area contributed by atoms with Gasteiger partial charge in [0.2, 0.25) is 0 Å². The van der Waals surface area contributed by atoms with Crippen molar-refractivity contribution in [1.29, 1.82) is 0 Å². The number of hydrogen-bond acceptors (Lipinski definition) is 6. The summed E-state index contributed by atoms with van der Waals surface area (Å²) in [5.41, 5.74) is 5.73. The zero-order valence-corrected chi connectivity index (χ0v) is 11.6. The van der Waals surface area contributed by atoms with E-state index in [1.54, 1.807) is 21.0 Å². The molecule has 0 rings (SSSR count). The van der Waals surface area contributed by atoms with Crippen LogP contribution in [-0.2, 0) is 42.3 Å². The number of aliphatic imine (C=N–C) groups is 2. The molecule has 16 heavy (non-hydrogen) atoms. The largest absolute Gasteiger partial charge is 2.00 e. The molecule has 0 saturated heterocycles. The number of amidine groups is 2. The minimum atomic E-state index is 0. The van der Waals surface area contributed by atoms with E-state index < -0.39 is 0 Å². The van der Waals surface area contributed by atoms with Crippen LogP contribution in [0.5, 0.6) is 0 Å². The first-order chi connectivity index (χ1) is 7.10. The molecule has 0 aromatic rings. The molecule has 0 unspecified atom stereocenters. The summed E-state index contributed by atoms with van der Waals surface area (Å²) in [7, 11) is 3.16. The van der Waals surface area contributed by atoms with Gasteiger partial charge < -0.3 is 25.3 Å². The molecule has 1 radical (unpaired) electrons. The van der Waals surface area contributed by atoms with E-state index in [0.717, 1.165) is 0 Å². The summed E-state index contributed by atoms with van der Waals surface area (Å²) < 4.78 is 0. The second kappa shape index (κ2) is 10.7. The summed E-state index contributed by atoms with van der Waals surface area (Å²) in [5.74, 6) is 0. The third kappa shape index (κ3) is 9.78. The molecule has 93 valence electrons. The van der Waals surface area contributed by atoms with Crippen molar-refractivity contribution in [3.63, 3.8) is 0 Å². The number of nitrogens with zero attached hydrogens (tertiary/aromatic N) is 4. The molecule has 6 nitrogen and oxygen atoms in total. The summed E-state index contributed by atoms with van der Waals surface area (Å²) in [5, 5.41) is 8.30. The van der Waals surface area contributed by atoms with Gasteiger partial charge in [-0.3, -0.25) is 20.8 Å². The second-order valence-electron chi connectivity index (χ2n) is 2.29. The van der Waals surface area contributed by atoms with Gasteiger partial charge in [0.25, 0.3) is 0 Å². The Kier molecular flexibility index (Phi) is 11.8. The van der Waals surface area contributed by atoms with E-state index in [-0.39, 0.29) is 17.1 Å². The van der Waals surface area contributed by atoms with Crippen LogP contribution in [0.25, 0.3) is 0 Å². The zero-order valence-electron chi connectivity index (χ0n) is 8.98. The van der Waals surface area contributed by atoms with Crippen LogP contribution in [-0.4, -0.2) is 36.4 Å². The molecule has 9 heteroatoms. The van der Waals surface area contributed by atoms with E-state index in [2.05, 4.69) is 31.0 Å².